The van der Waals surface area contributed by atoms with Crippen LogP contribution in [0.15, 0.2) is 59.5 Å². The van der Waals surface area contributed by atoms with Crippen LogP contribution in [0.4, 0.5) is 0 Å². The first-order chi connectivity index (χ1) is 8.83. The zero-order chi connectivity index (χ0) is 12.8. The second-order valence-electron chi connectivity index (χ2n) is 3.93. The van der Waals surface area contributed by atoms with Crippen LogP contribution in [0.25, 0.3) is 0 Å². The van der Waals surface area contributed by atoms with E-state index >= 15 is 0 Å². The molecule has 2 rings (SSSR count). The van der Waals surface area contributed by atoms with Crippen LogP contribution in [0, 0.1) is 0 Å². The van der Waals surface area contributed by atoms with E-state index in [1.54, 1.807) is 11.8 Å². The molecule has 0 amide bonds. The van der Waals surface area contributed by atoms with Crippen LogP contribution in [0.5, 0.6) is 5.75 Å². The van der Waals surface area contributed by atoms with Crippen LogP contribution < -0.4 is 10.5 Å². The molecule has 0 aliphatic rings. The van der Waals surface area contributed by atoms with Crippen LogP contribution in [0.3, 0.4) is 0 Å². The Kier molecular flexibility index (Phi) is 4.67. The van der Waals surface area contributed by atoms with Crippen molar-refractivity contribution in [2.24, 2.45) is 5.73 Å². The van der Waals surface area contributed by atoms with Gasteiger partial charge in [0.2, 0.25) is 0 Å². The van der Waals surface area contributed by atoms with E-state index in [1.165, 1.54) is 4.90 Å². The lowest BCUT2D eigenvalue weighted by Gasteiger charge is -2.17. The van der Waals surface area contributed by atoms with Crippen molar-refractivity contribution in [3.8, 4) is 5.75 Å². The van der Waals surface area contributed by atoms with Crippen molar-refractivity contribution in [2.75, 3.05) is 12.8 Å². The highest BCUT2D eigenvalue weighted by Gasteiger charge is 2.10. The third-order valence-corrected chi connectivity index (χ3v) is 3.47. The van der Waals surface area contributed by atoms with Crippen molar-refractivity contribution >= 4 is 11.8 Å². The molecule has 1 unspecified atom stereocenters. The summed E-state index contributed by atoms with van der Waals surface area (Å²) in [5.74, 6) is 0.854. The van der Waals surface area contributed by atoms with Gasteiger partial charge >= 0.3 is 0 Å². The van der Waals surface area contributed by atoms with Crippen LogP contribution in [0.2, 0.25) is 0 Å². The second kappa shape index (κ2) is 6.47. The molecule has 0 aromatic heterocycles. The fourth-order valence-electron chi connectivity index (χ4n) is 1.74. The van der Waals surface area contributed by atoms with E-state index in [4.69, 9.17) is 10.5 Å². The van der Waals surface area contributed by atoms with E-state index in [0.717, 1.165) is 11.3 Å². The summed E-state index contributed by atoms with van der Waals surface area (Å²) in [6.07, 6.45) is 1.97. The lowest BCUT2D eigenvalue weighted by Crippen LogP contribution is -2.18. The predicted octanol–water partition coefficient (Wildman–Crippen LogP) is 3.49. The van der Waals surface area contributed by atoms with Crippen molar-refractivity contribution in [1.82, 2.24) is 0 Å². The van der Waals surface area contributed by atoms with E-state index in [2.05, 4.69) is 18.4 Å². The van der Waals surface area contributed by atoms with Crippen molar-refractivity contribution in [3.63, 3.8) is 0 Å². The molecule has 2 nitrogen and oxygen atoms in total. The number of ether oxygens (including phenoxy) is 1. The normalized spacial score (nSPS) is 12.1. The quantitative estimate of drug-likeness (QED) is 0.835. The van der Waals surface area contributed by atoms with Crippen LogP contribution in [0.1, 0.15) is 11.7 Å². The number of nitrogens with two attached hydrogens (primary N) is 1. The lowest BCUT2D eigenvalue weighted by atomic mass is 10.1. The van der Waals surface area contributed by atoms with Gasteiger partial charge in [-0.05, 0) is 36.1 Å². The summed E-state index contributed by atoms with van der Waals surface area (Å²) in [6, 6.07) is 18.1. The summed E-state index contributed by atoms with van der Waals surface area (Å²) < 4.78 is 5.91. The molecule has 94 valence electrons. The third kappa shape index (κ3) is 3.28. The number of hydrogen-bond acceptors (Lipinski definition) is 3. The molecule has 0 aliphatic heterocycles. The highest BCUT2D eigenvalue weighted by Crippen LogP contribution is 2.24. The summed E-state index contributed by atoms with van der Waals surface area (Å²) in [4.78, 5) is 1.23. The van der Waals surface area contributed by atoms with Crippen LogP contribution >= 0.6 is 11.8 Å². The molecule has 0 radical (unpaired) electrons. The van der Waals surface area contributed by atoms with E-state index in [9.17, 15) is 0 Å². The molecule has 0 heterocycles. The Morgan fingerprint density at radius 3 is 2.28 bits per heavy atom. The molecule has 0 saturated carbocycles. The molecule has 2 aromatic rings. The maximum atomic E-state index is 5.91. The van der Waals surface area contributed by atoms with E-state index in [0.29, 0.717) is 6.54 Å². The first kappa shape index (κ1) is 13.0. The van der Waals surface area contributed by atoms with Gasteiger partial charge in [0.1, 0.15) is 11.9 Å². The fraction of sp³-hybridized carbons (Fsp3) is 0.200. The number of benzene rings is 2. The topological polar surface area (TPSA) is 35.2 Å². The monoisotopic (exact) mass is 259 g/mol. The van der Waals surface area contributed by atoms with Crippen LogP contribution in [-0.2, 0) is 0 Å². The van der Waals surface area contributed by atoms with Gasteiger partial charge in [-0.1, -0.05) is 30.3 Å². The summed E-state index contributed by atoms with van der Waals surface area (Å²) in [7, 11) is 0. The number of rotatable bonds is 5. The zero-order valence-electron chi connectivity index (χ0n) is 10.4. The van der Waals surface area contributed by atoms with Gasteiger partial charge < -0.3 is 10.5 Å². The fourth-order valence-corrected chi connectivity index (χ4v) is 2.15. The van der Waals surface area contributed by atoms with Crippen molar-refractivity contribution in [1.29, 1.82) is 0 Å². The predicted molar refractivity (Wildman–Crippen MR) is 77.1 cm³/mol. The van der Waals surface area contributed by atoms with E-state index < -0.39 is 0 Å². The average molecular weight is 259 g/mol. The molecule has 2 N–H and O–H groups in total. The largest absolute Gasteiger partial charge is 0.484 e. The minimum atomic E-state index is -0.0914. The SMILES string of the molecule is CSc1ccc(OC(CN)c2ccccc2)cc1. The molecule has 0 bridgehead atoms. The van der Waals surface area contributed by atoms with Crippen molar-refractivity contribution < 1.29 is 4.74 Å². The molecule has 2 aromatic carbocycles. The molecule has 0 fully saturated rings. The van der Waals surface area contributed by atoms with Gasteiger partial charge in [-0.25, -0.2) is 0 Å². The summed E-state index contributed by atoms with van der Waals surface area (Å²) >= 11 is 1.72. The molecule has 1 atom stereocenters. The summed E-state index contributed by atoms with van der Waals surface area (Å²) in [5.41, 5.74) is 6.89. The second-order valence-corrected chi connectivity index (χ2v) is 4.81. The minimum absolute atomic E-state index is 0.0914. The Balaban J connectivity index is 2.10. The molecule has 3 heteroatoms. The minimum Gasteiger partial charge on any atom is -0.484 e. The van der Waals surface area contributed by atoms with Gasteiger partial charge in [0, 0.05) is 11.4 Å². The Morgan fingerprint density at radius 1 is 1.06 bits per heavy atom. The van der Waals surface area contributed by atoms with Gasteiger partial charge in [0.15, 0.2) is 0 Å². The first-order valence-electron chi connectivity index (χ1n) is 5.89. The summed E-state index contributed by atoms with van der Waals surface area (Å²) in [6.45, 7) is 0.467. The molecule has 18 heavy (non-hydrogen) atoms. The van der Waals surface area contributed by atoms with Gasteiger partial charge in [-0.15, -0.1) is 11.8 Å². The van der Waals surface area contributed by atoms with Gasteiger partial charge in [0.25, 0.3) is 0 Å². The average Bonchev–Trinajstić information content (AvgIpc) is 2.46. The number of hydrogen-bond donors (Lipinski definition) is 1. The Morgan fingerprint density at radius 2 is 1.72 bits per heavy atom. The Labute approximate surface area is 112 Å². The summed E-state index contributed by atoms with van der Waals surface area (Å²) in [5, 5.41) is 0. The first-order valence-corrected chi connectivity index (χ1v) is 7.11. The van der Waals surface area contributed by atoms with Gasteiger partial charge in [-0.2, -0.15) is 0 Å². The number of thioether (sulfide) groups is 1. The smallest absolute Gasteiger partial charge is 0.136 e. The van der Waals surface area contributed by atoms with Gasteiger partial charge in [0.05, 0.1) is 0 Å². The highest BCUT2D eigenvalue weighted by molar-refractivity contribution is 7.98. The maximum Gasteiger partial charge on any atom is 0.136 e. The van der Waals surface area contributed by atoms with E-state index in [1.807, 2.05) is 42.5 Å². The molecular weight excluding hydrogens is 242 g/mol. The Hall–Kier alpha value is -1.45. The van der Waals surface area contributed by atoms with E-state index in [-0.39, 0.29) is 6.10 Å². The third-order valence-electron chi connectivity index (χ3n) is 2.72. The maximum absolute atomic E-state index is 5.91. The highest BCUT2D eigenvalue weighted by atomic mass is 32.2. The van der Waals surface area contributed by atoms with Crippen molar-refractivity contribution in [2.45, 2.75) is 11.0 Å². The van der Waals surface area contributed by atoms with Gasteiger partial charge in [-0.3, -0.25) is 0 Å². The molecule has 0 spiro atoms. The molecule has 0 aliphatic carbocycles. The zero-order valence-corrected chi connectivity index (χ0v) is 11.2. The Bertz CT molecular complexity index is 470. The molecule has 0 saturated heterocycles. The van der Waals surface area contributed by atoms with Crippen molar-refractivity contribution in [3.05, 3.63) is 60.2 Å². The van der Waals surface area contributed by atoms with Crippen LogP contribution in [-0.4, -0.2) is 12.8 Å². The standard InChI is InChI=1S/C15H17NOS/c1-18-14-9-7-13(8-10-14)17-15(11-16)12-5-3-2-4-6-12/h2-10,15H,11,16H2,1H3. The lowest BCUT2D eigenvalue weighted by molar-refractivity contribution is 0.214. The molecular formula is C15H17NOS.